The third kappa shape index (κ3) is 7.31. The van der Waals surface area contributed by atoms with Crippen molar-refractivity contribution in [2.24, 2.45) is 0 Å². The van der Waals surface area contributed by atoms with Gasteiger partial charge in [-0.15, -0.1) is 0 Å². The summed E-state index contributed by atoms with van der Waals surface area (Å²) in [5.74, 6) is 0.983. The minimum atomic E-state index is -3.17. The van der Waals surface area contributed by atoms with Crippen LogP contribution in [-0.2, 0) is 6.54 Å². The van der Waals surface area contributed by atoms with Crippen LogP contribution in [0.15, 0.2) is 34.9 Å². The molecule has 3 N–H and O–H groups in total. The first-order valence-electron chi connectivity index (χ1n) is 6.49. The molecule has 2 aromatic rings. The van der Waals surface area contributed by atoms with Crippen molar-refractivity contribution in [2.75, 3.05) is 6.54 Å². The van der Waals surface area contributed by atoms with Gasteiger partial charge in [0.15, 0.2) is 0 Å². The highest BCUT2D eigenvalue weighted by molar-refractivity contribution is 9.10. The number of hydrogen-bond acceptors (Lipinski definition) is 3. The summed E-state index contributed by atoms with van der Waals surface area (Å²) in [7, 11) is 0. The highest BCUT2D eigenvalue weighted by Gasteiger charge is 2.02. The second-order valence-corrected chi connectivity index (χ2v) is 5.12. The fraction of sp³-hybridized carbons (Fsp3) is 0.357. The van der Waals surface area contributed by atoms with E-state index in [1.807, 2.05) is 18.3 Å². The van der Waals surface area contributed by atoms with Gasteiger partial charge < -0.3 is 15.4 Å². The average Bonchev–Trinajstić information content (AvgIpc) is 2.88. The molecule has 0 radical (unpaired) electrons. The summed E-state index contributed by atoms with van der Waals surface area (Å²) in [5, 5.41) is 10.0. The van der Waals surface area contributed by atoms with Crippen molar-refractivity contribution in [1.29, 1.82) is 0 Å². The van der Waals surface area contributed by atoms with Crippen molar-refractivity contribution in [3.05, 3.63) is 40.8 Å². The molecule has 1 aromatic heterocycles. The van der Waals surface area contributed by atoms with Crippen LogP contribution in [0.5, 0.6) is 0 Å². The van der Waals surface area contributed by atoms with Crippen molar-refractivity contribution < 1.29 is 13.9 Å². The number of aromatic amines is 1. The third-order valence-electron chi connectivity index (χ3n) is 2.50. The number of hydrogen-bond donors (Lipinski definition) is 3. The maximum atomic E-state index is 9.89. The van der Waals surface area contributed by atoms with E-state index in [1.54, 1.807) is 0 Å². The van der Waals surface area contributed by atoms with Crippen LogP contribution in [0.4, 0.5) is 8.78 Å². The molecular weight excluding hydrogens is 344 g/mol. The quantitative estimate of drug-likeness (QED) is 0.713. The molecule has 116 valence electrons. The minimum Gasteiger partial charge on any atom is -0.341 e. The van der Waals surface area contributed by atoms with Gasteiger partial charge in [-0.2, -0.15) is 8.78 Å². The van der Waals surface area contributed by atoms with E-state index in [-0.39, 0.29) is 0 Å². The zero-order chi connectivity index (χ0) is 15.7. The van der Waals surface area contributed by atoms with Crippen molar-refractivity contribution in [1.82, 2.24) is 15.3 Å². The van der Waals surface area contributed by atoms with Gasteiger partial charge >= 0.3 is 6.61 Å². The number of benzene rings is 1. The fourth-order valence-electron chi connectivity index (χ4n) is 1.61. The van der Waals surface area contributed by atoms with E-state index in [2.05, 4.69) is 50.3 Å². The Hall–Kier alpha value is -1.31. The summed E-state index contributed by atoms with van der Waals surface area (Å²) in [6.07, 6.45) is 3.02. The molecule has 21 heavy (non-hydrogen) atoms. The van der Waals surface area contributed by atoms with E-state index in [0.717, 1.165) is 41.1 Å². The number of aliphatic hydroxyl groups is 1. The second-order valence-electron chi connectivity index (χ2n) is 4.20. The van der Waals surface area contributed by atoms with Crippen LogP contribution >= 0.6 is 15.9 Å². The standard InChI is InChI=1S/C13H16BrN3.CH2F2O/c1-2-7-15-9-13-16-8-12(17-13)10-3-5-11(14)6-4-10;2-1(3)4/h3-6,8,15H,2,7,9H2,1H3,(H,16,17);1,4H. The molecule has 2 rings (SSSR count). The van der Waals surface area contributed by atoms with E-state index < -0.39 is 6.61 Å². The number of rotatable bonds is 5. The Morgan fingerprint density at radius 3 is 2.52 bits per heavy atom. The smallest absolute Gasteiger partial charge is 0.341 e. The Labute approximate surface area is 130 Å². The van der Waals surface area contributed by atoms with Crippen LogP contribution in [-0.4, -0.2) is 28.2 Å². The van der Waals surface area contributed by atoms with Crippen molar-refractivity contribution in [3.8, 4) is 11.3 Å². The van der Waals surface area contributed by atoms with Crippen LogP contribution in [0.1, 0.15) is 19.2 Å². The average molecular weight is 362 g/mol. The lowest BCUT2D eigenvalue weighted by Crippen LogP contribution is -2.14. The van der Waals surface area contributed by atoms with Gasteiger partial charge in [-0.1, -0.05) is 35.0 Å². The van der Waals surface area contributed by atoms with E-state index >= 15 is 0 Å². The minimum absolute atomic E-state index is 0.796. The fourth-order valence-corrected chi connectivity index (χ4v) is 1.88. The number of nitrogens with zero attached hydrogens (tertiary/aromatic N) is 1. The van der Waals surface area contributed by atoms with Gasteiger partial charge in [0.2, 0.25) is 0 Å². The SMILES string of the molecule is CCCNCc1ncc(-c2ccc(Br)cc2)[nH]1.OC(F)F. The van der Waals surface area contributed by atoms with E-state index in [0.29, 0.717) is 0 Å². The molecular formula is C14H18BrF2N3O. The van der Waals surface area contributed by atoms with E-state index in [9.17, 15) is 8.78 Å². The molecule has 0 unspecified atom stereocenters. The number of H-pyrrole nitrogens is 1. The van der Waals surface area contributed by atoms with Crippen LogP contribution in [0.3, 0.4) is 0 Å². The topological polar surface area (TPSA) is 60.9 Å². The molecule has 0 aliphatic heterocycles. The highest BCUT2D eigenvalue weighted by Crippen LogP contribution is 2.19. The number of alkyl halides is 2. The number of halogens is 3. The highest BCUT2D eigenvalue weighted by atomic mass is 79.9. The lowest BCUT2D eigenvalue weighted by Gasteiger charge is -1.99. The molecule has 0 aliphatic rings. The Morgan fingerprint density at radius 2 is 1.95 bits per heavy atom. The van der Waals surface area contributed by atoms with Gasteiger partial charge in [-0.25, -0.2) is 4.98 Å². The molecule has 4 nitrogen and oxygen atoms in total. The zero-order valence-electron chi connectivity index (χ0n) is 11.6. The van der Waals surface area contributed by atoms with Gasteiger partial charge in [0, 0.05) is 4.47 Å². The summed E-state index contributed by atoms with van der Waals surface area (Å²) in [5.41, 5.74) is 2.22. The van der Waals surface area contributed by atoms with Crippen molar-refractivity contribution in [3.63, 3.8) is 0 Å². The first-order chi connectivity index (χ1) is 10.0. The summed E-state index contributed by atoms with van der Waals surface area (Å²) in [6.45, 7) is 0.807. The van der Waals surface area contributed by atoms with Crippen LogP contribution in [0, 0.1) is 0 Å². The largest absolute Gasteiger partial charge is 0.342 e. The maximum Gasteiger partial charge on any atom is 0.342 e. The molecule has 0 bridgehead atoms. The first-order valence-corrected chi connectivity index (χ1v) is 7.29. The van der Waals surface area contributed by atoms with Gasteiger partial charge in [0.05, 0.1) is 18.4 Å². The Morgan fingerprint density at radius 1 is 1.33 bits per heavy atom. The van der Waals surface area contributed by atoms with E-state index in [1.165, 1.54) is 0 Å². The molecule has 0 saturated heterocycles. The molecule has 0 atom stereocenters. The van der Waals surface area contributed by atoms with Gasteiger partial charge in [-0.3, -0.25) is 0 Å². The Bertz CT molecular complexity index is 514. The molecule has 1 heterocycles. The van der Waals surface area contributed by atoms with Crippen LogP contribution in [0.2, 0.25) is 0 Å². The van der Waals surface area contributed by atoms with Crippen molar-refractivity contribution in [2.45, 2.75) is 26.5 Å². The summed E-state index contributed by atoms with van der Waals surface area (Å²) in [6, 6.07) is 8.21. The molecule has 1 aromatic carbocycles. The monoisotopic (exact) mass is 361 g/mol. The van der Waals surface area contributed by atoms with Crippen LogP contribution in [0.25, 0.3) is 11.3 Å². The normalized spacial score (nSPS) is 10.4. The predicted molar refractivity (Wildman–Crippen MR) is 81.9 cm³/mol. The van der Waals surface area contributed by atoms with Gasteiger partial charge in [0.25, 0.3) is 0 Å². The third-order valence-corrected chi connectivity index (χ3v) is 3.03. The van der Waals surface area contributed by atoms with Crippen molar-refractivity contribution >= 4 is 15.9 Å². The van der Waals surface area contributed by atoms with Crippen LogP contribution < -0.4 is 5.32 Å². The summed E-state index contributed by atoms with van der Waals surface area (Å²) < 4.78 is 20.9. The number of imidazole rings is 1. The molecule has 0 spiro atoms. The lowest BCUT2D eigenvalue weighted by molar-refractivity contribution is -0.0728. The summed E-state index contributed by atoms with van der Waals surface area (Å²) in [4.78, 5) is 7.68. The van der Waals surface area contributed by atoms with E-state index in [4.69, 9.17) is 5.11 Å². The summed E-state index contributed by atoms with van der Waals surface area (Å²) >= 11 is 3.43. The Balaban J connectivity index is 0.000000491. The second kappa shape index (κ2) is 9.59. The molecule has 7 heteroatoms. The number of aromatic nitrogens is 2. The molecule has 0 fully saturated rings. The first kappa shape index (κ1) is 17.7. The maximum absolute atomic E-state index is 9.89. The van der Waals surface area contributed by atoms with Gasteiger partial charge in [0.1, 0.15) is 5.82 Å². The number of nitrogens with one attached hydrogen (secondary N) is 2. The zero-order valence-corrected chi connectivity index (χ0v) is 13.2. The molecule has 0 aliphatic carbocycles. The lowest BCUT2D eigenvalue weighted by atomic mass is 10.2. The molecule has 0 amide bonds. The number of aliphatic hydroxyl groups excluding tert-OH is 1. The predicted octanol–water partition coefficient (Wildman–Crippen LogP) is 3.54. The molecule has 0 saturated carbocycles. The van der Waals surface area contributed by atoms with Gasteiger partial charge in [-0.05, 0) is 30.7 Å². The Kier molecular flexibility index (Phi) is 8.11.